The minimum atomic E-state index is -2.98. The maximum absolute atomic E-state index is 16.3. The normalized spacial score (nSPS) is 25.2. The zero-order valence-corrected chi connectivity index (χ0v) is 39.4. The summed E-state index contributed by atoms with van der Waals surface area (Å²) >= 11 is 0. The second-order valence-corrected chi connectivity index (χ2v) is 24.8. The van der Waals surface area contributed by atoms with E-state index in [9.17, 15) is 5.11 Å². The van der Waals surface area contributed by atoms with Gasteiger partial charge in [-0.3, -0.25) is 19.4 Å². The van der Waals surface area contributed by atoms with Crippen molar-refractivity contribution in [1.29, 1.82) is 0 Å². The van der Waals surface area contributed by atoms with Crippen LogP contribution in [0.3, 0.4) is 0 Å². The van der Waals surface area contributed by atoms with Crippen molar-refractivity contribution in [2.24, 2.45) is 17.8 Å². The Balaban J connectivity index is 1.26. The van der Waals surface area contributed by atoms with E-state index in [4.69, 9.17) is 18.4 Å². The molecule has 0 bridgehead atoms. The van der Waals surface area contributed by atoms with E-state index in [2.05, 4.69) is 87.0 Å². The van der Waals surface area contributed by atoms with Gasteiger partial charge in [0.05, 0.1) is 11.6 Å². The summed E-state index contributed by atoms with van der Waals surface area (Å²) in [6.07, 6.45) is 5.52. The van der Waals surface area contributed by atoms with Gasteiger partial charge in [0, 0.05) is 49.9 Å². The number of hydrogen-bond acceptors (Lipinski definition) is 11. The SMILES string of the molecule is C=CCN(CC=C)[C@@H]1c2onc(OCc3ccccc3)c2C(=O)[C@@]2(O[Si](C)(C)C(C)(C)C)C(=O)C3=C(O)c4c(OCc5ccccc5)cc5c(c4C[C@H]3C[C@@H]12)N(C)CC1CCN(C)C51. The molecule has 3 heterocycles. The summed E-state index contributed by atoms with van der Waals surface area (Å²) in [4.78, 5) is 39.2. The number of carbonyl (C=O) groups is 2. The maximum atomic E-state index is 16.3. The van der Waals surface area contributed by atoms with Crippen LogP contribution in [0, 0.1) is 17.8 Å². The van der Waals surface area contributed by atoms with E-state index >= 15 is 9.59 Å². The first-order chi connectivity index (χ1) is 30.6. The molecule has 0 spiro atoms. The van der Waals surface area contributed by atoms with Crippen molar-refractivity contribution in [2.75, 3.05) is 45.2 Å². The Morgan fingerprint density at radius 3 is 2.22 bits per heavy atom. The van der Waals surface area contributed by atoms with Crippen LogP contribution < -0.4 is 14.4 Å². The highest BCUT2D eigenvalue weighted by Crippen LogP contribution is 2.61. The molecule has 1 N–H and O–H groups in total. The molecule has 1 saturated carbocycles. The number of hydrogen-bond donors (Lipinski definition) is 1. The summed E-state index contributed by atoms with van der Waals surface area (Å²) in [5.74, 6) is -1.10. The lowest BCUT2D eigenvalue weighted by molar-refractivity contribution is -0.141. The second kappa shape index (κ2) is 16.6. The van der Waals surface area contributed by atoms with Crippen LogP contribution >= 0.6 is 0 Å². The minimum Gasteiger partial charge on any atom is -0.507 e. The number of likely N-dealkylation sites (tertiary alicyclic amines) is 1. The van der Waals surface area contributed by atoms with Crippen LogP contribution in [0.1, 0.15) is 89.6 Å². The smallest absolute Gasteiger partial charge is 0.265 e. The average Bonchev–Trinajstić information content (AvgIpc) is 3.86. The summed E-state index contributed by atoms with van der Waals surface area (Å²) in [5.41, 5.74) is 3.85. The Kier molecular flexibility index (Phi) is 11.4. The number of rotatable bonds is 13. The highest BCUT2D eigenvalue weighted by Gasteiger charge is 2.69. The molecular weight excluding hydrogens is 821 g/mol. The molecule has 336 valence electrons. The number of anilines is 1. The van der Waals surface area contributed by atoms with E-state index in [-0.39, 0.29) is 42.0 Å². The molecule has 12 heteroatoms. The Labute approximate surface area is 378 Å². The molecule has 2 aliphatic heterocycles. The van der Waals surface area contributed by atoms with Crippen LogP contribution in [-0.2, 0) is 28.9 Å². The number of nitrogens with zero attached hydrogens (tertiary/aromatic N) is 4. The van der Waals surface area contributed by atoms with Crippen molar-refractivity contribution in [3.05, 3.63) is 137 Å². The monoisotopic (exact) mass is 882 g/mol. The predicted octanol–water partition coefficient (Wildman–Crippen LogP) is 9.68. The van der Waals surface area contributed by atoms with Crippen molar-refractivity contribution >= 4 is 31.3 Å². The van der Waals surface area contributed by atoms with Crippen molar-refractivity contribution < 1.29 is 33.1 Å². The van der Waals surface area contributed by atoms with Crippen LogP contribution in [0.2, 0.25) is 18.1 Å². The van der Waals surface area contributed by atoms with Gasteiger partial charge in [-0.1, -0.05) is 93.6 Å². The number of aliphatic hydroxyl groups is 1. The molecule has 0 amide bonds. The Morgan fingerprint density at radius 2 is 1.59 bits per heavy atom. The number of carbonyl (C=O) groups excluding carboxylic acids is 2. The fourth-order valence-electron chi connectivity index (χ4n) is 11.2. The van der Waals surface area contributed by atoms with Gasteiger partial charge in [0.15, 0.2) is 19.7 Å². The number of fused-ring (bicyclic) bond motifs is 8. The van der Waals surface area contributed by atoms with Gasteiger partial charge in [-0.25, -0.2) is 0 Å². The molecule has 11 nitrogen and oxygen atoms in total. The van der Waals surface area contributed by atoms with Crippen LogP contribution in [0.25, 0.3) is 5.76 Å². The summed E-state index contributed by atoms with van der Waals surface area (Å²) in [6, 6.07) is 21.2. The van der Waals surface area contributed by atoms with Crippen molar-refractivity contribution in [2.45, 2.75) is 89.1 Å². The van der Waals surface area contributed by atoms with Gasteiger partial charge in [-0.15, -0.1) is 13.2 Å². The first-order valence-corrected chi connectivity index (χ1v) is 25.6. The van der Waals surface area contributed by atoms with Gasteiger partial charge >= 0.3 is 0 Å². The zero-order chi connectivity index (χ0) is 45.3. The van der Waals surface area contributed by atoms with Crippen LogP contribution in [-0.4, -0.2) is 85.8 Å². The van der Waals surface area contributed by atoms with E-state index in [0.29, 0.717) is 48.9 Å². The third-order valence-electron chi connectivity index (χ3n) is 15.1. The number of Topliss-reactive ketones (excluding diaryl/α,β-unsaturated/α-hetero) is 2. The molecule has 1 saturated heterocycles. The van der Waals surface area contributed by atoms with Crippen LogP contribution in [0.4, 0.5) is 5.69 Å². The topological polar surface area (TPSA) is 118 Å². The molecule has 0 radical (unpaired) electrons. The van der Waals surface area contributed by atoms with E-state index in [1.807, 2.05) is 72.8 Å². The molecule has 4 aromatic rings. The summed E-state index contributed by atoms with van der Waals surface area (Å²) < 4.78 is 26.8. The molecule has 2 unspecified atom stereocenters. The van der Waals surface area contributed by atoms with Crippen LogP contribution in [0.5, 0.6) is 11.6 Å². The molecular formula is C52H62N4O7Si. The fourth-order valence-corrected chi connectivity index (χ4v) is 12.6. The van der Waals surface area contributed by atoms with Crippen LogP contribution in [0.15, 0.2) is 102 Å². The standard InChI is InChI=1S/C52H62N4O7Si/c1-10-23-56(24-11-2)45-38-27-35-26-36-41(39(60-30-32-18-14-12-15-19-32)28-37-43-34(22-25-54(43)6)29-55(7)44(36)37)46(57)40(35)48(58)52(38,63-64(8,9)51(3,4)5)49(59)42-47(45)62-53-50(42)61-31-33-20-16-13-17-21-33/h10-21,28,34-35,38,43,45,57H,1-2,22-27,29-31H2,3-9H3/t34?,35-,38-,43?,45-,52-/m0/s1. The quantitative estimate of drug-likeness (QED) is 0.0786. The molecule has 6 atom stereocenters. The largest absolute Gasteiger partial charge is 0.507 e. The molecule has 1 aromatic heterocycles. The first kappa shape index (κ1) is 44.0. The van der Waals surface area contributed by atoms with E-state index in [1.165, 1.54) is 5.56 Å². The van der Waals surface area contributed by atoms with Crippen molar-refractivity contribution in [3.63, 3.8) is 0 Å². The molecule has 5 aliphatic rings. The lowest BCUT2D eigenvalue weighted by atomic mass is 9.56. The summed E-state index contributed by atoms with van der Waals surface area (Å²) in [7, 11) is 1.35. The Morgan fingerprint density at radius 1 is 0.953 bits per heavy atom. The highest BCUT2D eigenvalue weighted by molar-refractivity contribution is 6.74. The molecule has 9 rings (SSSR count). The average molecular weight is 883 g/mol. The Hall–Kier alpha value is -5.27. The maximum Gasteiger partial charge on any atom is 0.265 e. The van der Waals surface area contributed by atoms with Gasteiger partial charge in [0.25, 0.3) is 5.88 Å². The minimum absolute atomic E-state index is 0.00577. The van der Waals surface area contributed by atoms with Gasteiger partial charge in [0.1, 0.15) is 30.3 Å². The number of ether oxygens (including phenoxy) is 2. The van der Waals surface area contributed by atoms with E-state index in [1.54, 1.807) is 0 Å². The first-order valence-electron chi connectivity index (χ1n) is 22.7. The summed E-state index contributed by atoms with van der Waals surface area (Å²) in [6.45, 7) is 21.7. The van der Waals surface area contributed by atoms with Crippen molar-refractivity contribution in [3.8, 4) is 11.6 Å². The van der Waals surface area contributed by atoms with Crippen molar-refractivity contribution in [1.82, 2.24) is 15.0 Å². The number of aromatic nitrogens is 1. The molecule has 3 aliphatic carbocycles. The highest BCUT2D eigenvalue weighted by atomic mass is 28.4. The van der Waals surface area contributed by atoms with Gasteiger partial charge in [-0.2, -0.15) is 0 Å². The Bertz CT molecular complexity index is 2500. The van der Waals surface area contributed by atoms with E-state index < -0.39 is 48.4 Å². The van der Waals surface area contributed by atoms with Gasteiger partial charge in [0.2, 0.25) is 11.6 Å². The fraction of sp³-hybridized carbons (Fsp3) is 0.442. The number of benzene rings is 3. The molecule has 3 aromatic carbocycles. The van der Waals surface area contributed by atoms with E-state index in [0.717, 1.165) is 41.9 Å². The number of aliphatic hydroxyl groups excluding tert-OH is 1. The molecule has 2 fully saturated rings. The molecule has 64 heavy (non-hydrogen) atoms. The third kappa shape index (κ3) is 7.08. The lowest BCUT2D eigenvalue weighted by Crippen LogP contribution is -2.68. The van der Waals surface area contributed by atoms with Gasteiger partial charge in [-0.05, 0) is 96.3 Å². The third-order valence-corrected chi connectivity index (χ3v) is 19.5. The predicted molar refractivity (Wildman–Crippen MR) is 251 cm³/mol. The summed E-state index contributed by atoms with van der Waals surface area (Å²) in [5, 5.41) is 17.1. The van der Waals surface area contributed by atoms with Gasteiger partial charge < -0.3 is 28.4 Å². The lowest BCUT2D eigenvalue weighted by Gasteiger charge is -2.55. The second-order valence-electron chi connectivity index (χ2n) is 20.0. The zero-order valence-electron chi connectivity index (χ0n) is 38.4. The number of ketones is 2.